The van der Waals surface area contributed by atoms with Gasteiger partial charge in [0.2, 0.25) is 0 Å². The number of ether oxygens (including phenoxy) is 1. The van der Waals surface area contributed by atoms with Crippen LogP contribution in [0.5, 0.6) is 5.75 Å². The molecule has 0 bridgehead atoms. The number of hydrogen-bond donors (Lipinski definition) is 1. The number of nitrogens with zero attached hydrogens (tertiary/aromatic N) is 3. The highest BCUT2D eigenvalue weighted by Gasteiger charge is 2.22. The van der Waals surface area contributed by atoms with Gasteiger partial charge in [-0.05, 0) is 70.4 Å². The number of benzene rings is 1. The number of pyridine rings is 1. The number of nitrogens with two attached hydrogens (primary N) is 1. The standard InChI is InChI=1S/C21H28N4O/c1-24(2)11-6-12-25-18-13-14(26-3)9-10-16(18)19-20(22)15-7-4-5-8-17(15)23-21(19)25/h9-10,13H,4-8,11-12H2,1-3H3,(H2,22,23). The van der Waals surface area contributed by atoms with Gasteiger partial charge in [-0.25, -0.2) is 4.98 Å². The van der Waals surface area contributed by atoms with Crippen LogP contribution in [0.1, 0.15) is 30.5 Å². The largest absolute Gasteiger partial charge is 0.497 e. The summed E-state index contributed by atoms with van der Waals surface area (Å²) in [5.41, 5.74) is 12.3. The molecule has 5 heteroatoms. The van der Waals surface area contributed by atoms with Crippen LogP contribution in [0.2, 0.25) is 0 Å². The van der Waals surface area contributed by atoms with Gasteiger partial charge in [-0.1, -0.05) is 0 Å². The summed E-state index contributed by atoms with van der Waals surface area (Å²) >= 11 is 0. The highest BCUT2D eigenvalue weighted by atomic mass is 16.5. The average Bonchev–Trinajstić information content (AvgIpc) is 2.95. The Kier molecular flexibility index (Phi) is 4.49. The van der Waals surface area contributed by atoms with Crippen molar-refractivity contribution in [1.29, 1.82) is 0 Å². The van der Waals surface area contributed by atoms with Crippen molar-refractivity contribution in [3.05, 3.63) is 29.5 Å². The van der Waals surface area contributed by atoms with Crippen LogP contribution in [0.25, 0.3) is 21.9 Å². The first kappa shape index (κ1) is 17.2. The van der Waals surface area contributed by atoms with Gasteiger partial charge in [0, 0.05) is 29.4 Å². The Hall–Kier alpha value is -2.27. The Morgan fingerprint density at radius 3 is 2.81 bits per heavy atom. The number of anilines is 1. The van der Waals surface area contributed by atoms with Crippen LogP contribution < -0.4 is 10.5 Å². The molecule has 2 heterocycles. The van der Waals surface area contributed by atoms with E-state index in [4.69, 9.17) is 15.5 Å². The molecular weight excluding hydrogens is 324 g/mol. The summed E-state index contributed by atoms with van der Waals surface area (Å²) in [5.74, 6) is 0.873. The maximum Gasteiger partial charge on any atom is 0.143 e. The molecule has 0 unspecified atom stereocenters. The molecule has 1 aliphatic carbocycles. The highest BCUT2D eigenvalue weighted by Crippen LogP contribution is 2.38. The Balaban J connectivity index is 1.95. The quantitative estimate of drug-likeness (QED) is 0.762. The maximum absolute atomic E-state index is 6.67. The van der Waals surface area contributed by atoms with Crippen LogP contribution in [0.4, 0.5) is 5.69 Å². The molecule has 26 heavy (non-hydrogen) atoms. The van der Waals surface area contributed by atoms with Gasteiger partial charge < -0.3 is 19.9 Å². The molecule has 1 aliphatic rings. The van der Waals surface area contributed by atoms with E-state index in [9.17, 15) is 0 Å². The zero-order valence-corrected chi connectivity index (χ0v) is 16.0. The second kappa shape index (κ2) is 6.80. The van der Waals surface area contributed by atoms with E-state index in [1.807, 2.05) is 6.07 Å². The van der Waals surface area contributed by atoms with E-state index in [-0.39, 0.29) is 0 Å². The summed E-state index contributed by atoms with van der Waals surface area (Å²) in [7, 11) is 5.94. The average molecular weight is 352 g/mol. The molecule has 4 rings (SSSR count). The number of rotatable bonds is 5. The van der Waals surface area contributed by atoms with E-state index in [2.05, 4.69) is 35.7 Å². The van der Waals surface area contributed by atoms with Crippen molar-refractivity contribution in [2.45, 2.75) is 38.6 Å². The summed E-state index contributed by atoms with van der Waals surface area (Å²) in [4.78, 5) is 7.32. The van der Waals surface area contributed by atoms with Crippen molar-refractivity contribution < 1.29 is 4.74 Å². The van der Waals surface area contributed by atoms with E-state index in [0.29, 0.717) is 0 Å². The molecule has 0 amide bonds. The molecular formula is C21H28N4O. The predicted molar refractivity (Wildman–Crippen MR) is 108 cm³/mol. The topological polar surface area (TPSA) is 56.3 Å². The van der Waals surface area contributed by atoms with Gasteiger partial charge in [0.15, 0.2) is 0 Å². The van der Waals surface area contributed by atoms with Crippen LogP contribution in [-0.4, -0.2) is 42.2 Å². The second-order valence-electron chi connectivity index (χ2n) is 7.55. The predicted octanol–water partition coefficient (Wildman–Crippen LogP) is 3.61. The number of hydrogen-bond acceptors (Lipinski definition) is 4. The van der Waals surface area contributed by atoms with Crippen LogP contribution in [0.3, 0.4) is 0 Å². The molecule has 2 N–H and O–H groups in total. The lowest BCUT2D eigenvalue weighted by Gasteiger charge is -2.18. The van der Waals surface area contributed by atoms with Gasteiger partial charge >= 0.3 is 0 Å². The van der Waals surface area contributed by atoms with Crippen molar-refractivity contribution in [2.75, 3.05) is 33.5 Å². The Bertz CT molecular complexity index is 958. The van der Waals surface area contributed by atoms with Gasteiger partial charge in [-0.3, -0.25) is 0 Å². The molecule has 0 atom stereocenters. The normalized spacial score (nSPS) is 14.3. The summed E-state index contributed by atoms with van der Waals surface area (Å²) in [5, 5.41) is 2.30. The minimum atomic E-state index is 0.873. The molecule has 0 fully saturated rings. The zero-order valence-electron chi connectivity index (χ0n) is 16.0. The molecule has 0 spiro atoms. The summed E-state index contributed by atoms with van der Waals surface area (Å²) in [6.07, 6.45) is 5.58. The lowest BCUT2D eigenvalue weighted by molar-refractivity contribution is 0.389. The third-order valence-corrected chi connectivity index (χ3v) is 5.51. The van der Waals surface area contributed by atoms with Gasteiger partial charge in [0.1, 0.15) is 11.4 Å². The fraction of sp³-hybridized carbons (Fsp3) is 0.476. The minimum absolute atomic E-state index is 0.873. The highest BCUT2D eigenvalue weighted by molar-refractivity contribution is 6.13. The number of aromatic nitrogens is 2. The number of fused-ring (bicyclic) bond motifs is 4. The molecule has 3 aromatic rings. The van der Waals surface area contributed by atoms with Crippen molar-refractivity contribution in [3.8, 4) is 5.75 Å². The van der Waals surface area contributed by atoms with E-state index >= 15 is 0 Å². The minimum Gasteiger partial charge on any atom is -0.497 e. The lowest BCUT2D eigenvalue weighted by Crippen LogP contribution is -2.15. The van der Waals surface area contributed by atoms with Crippen LogP contribution in [0, 0.1) is 0 Å². The molecule has 138 valence electrons. The van der Waals surface area contributed by atoms with Crippen molar-refractivity contribution in [2.24, 2.45) is 0 Å². The van der Waals surface area contributed by atoms with Gasteiger partial charge in [-0.2, -0.15) is 0 Å². The molecule has 0 saturated carbocycles. The Labute approximate surface area is 154 Å². The van der Waals surface area contributed by atoms with Crippen molar-refractivity contribution in [1.82, 2.24) is 14.5 Å². The fourth-order valence-electron chi connectivity index (χ4n) is 4.18. The van der Waals surface area contributed by atoms with Gasteiger partial charge in [0.05, 0.1) is 18.0 Å². The van der Waals surface area contributed by atoms with Crippen molar-refractivity contribution in [3.63, 3.8) is 0 Å². The van der Waals surface area contributed by atoms with Crippen LogP contribution in [-0.2, 0) is 19.4 Å². The molecule has 2 aromatic heterocycles. The Morgan fingerprint density at radius 2 is 2.04 bits per heavy atom. The third-order valence-electron chi connectivity index (χ3n) is 5.51. The molecule has 0 radical (unpaired) electrons. The fourth-order valence-corrected chi connectivity index (χ4v) is 4.18. The molecule has 5 nitrogen and oxygen atoms in total. The summed E-state index contributed by atoms with van der Waals surface area (Å²) in [6, 6.07) is 6.27. The SMILES string of the molecule is COc1ccc2c3c(N)c4c(nc3n(CCCN(C)C)c2c1)CCCC4. The van der Waals surface area contributed by atoms with E-state index in [1.165, 1.54) is 35.0 Å². The van der Waals surface area contributed by atoms with E-state index < -0.39 is 0 Å². The maximum atomic E-state index is 6.67. The molecule has 1 aromatic carbocycles. The van der Waals surface area contributed by atoms with E-state index in [0.717, 1.165) is 54.8 Å². The molecule has 0 saturated heterocycles. The molecule has 0 aliphatic heterocycles. The zero-order chi connectivity index (χ0) is 18.3. The number of aryl methyl sites for hydroxylation is 2. The number of nitrogen functional groups attached to an aromatic ring is 1. The first-order chi connectivity index (χ1) is 12.6. The summed E-state index contributed by atoms with van der Waals surface area (Å²) < 4.78 is 7.81. The second-order valence-corrected chi connectivity index (χ2v) is 7.55. The number of methoxy groups -OCH3 is 1. The first-order valence-electron chi connectivity index (χ1n) is 9.52. The monoisotopic (exact) mass is 352 g/mol. The van der Waals surface area contributed by atoms with Gasteiger partial charge in [0.25, 0.3) is 0 Å². The van der Waals surface area contributed by atoms with Crippen molar-refractivity contribution >= 4 is 27.6 Å². The first-order valence-corrected chi connectivity index (χ1v) is 9.52. The Morgan fingerprint density at radius 1 is 1.23 bits per heavy atom. The lowest BCUT2D eigenvalue weighted by atomic mass is 9.93. The van der Waals surface area contributed by atoms with E-state index in [1.54, 1.807) is 7.11 Å². The van der Waals surface area contributed by atoms with Crippen LogP contribution in [0.15, 0.2) is 18.2 Å². The summed E-state index contributed by atoms with van der Waals surface area (Å²) in [6.45, 7) is 1.97. The third kappa shape index (κ3) is 2.80. The van der Waals surface area contributed by atoms with Crippen LogP contribution >= 0.6 is 0 Å². The smallest absolute Gasteiger partial charge is 0.143 e. The van der Waals surface area contributed by atoms with Gasteiger partial charge in [-0.15, -0.1) is 0 Å².